The predicted molar refractivity (Wildman–Crippen MR) is 76.5 cm³/mol. The zero-order valence-corrected chi connectivity index (χ0v) is 12.4. The summed E-state index contributed by atoms with van der Waals surface area (Å²) in [6.07, 6.45) is 6.64. The van der Waals surface area contributed by atoms with Gasteiger partial charge in [0.2, 0.25) is 5.91 Å². The smallest absolute Gasteiger partial charge is 0.223 e. The van der Waals surface area contributed by atoms with Crippen molar-refractivity contribution in [2.45, 2.75) is 65.3 Å². The number of rotatable bonds is 8. The summed E-state index contributed by atoms with van der Waals surface area (Å²) < 4.78 is 0. The lowest BCUT2D eigenvalue weighted by molar-refractivity contribution is -0.134. The summed E-state index contributed by atoms with van der Waals surface area (Å²) in [5.74, 6) is 1.20. The first-order valence-electron chi connectivity index (χ1n) is 6.95. The van der Waals surface area contributed by atoms with Crippen LogP contribution >= 0.6 is 12.6 Å². The molecule has 0 atom stereocenters. The van der Waals surface area contributed by atoms with Crippen LogP contribution in [0.1, 0.15) is 59.3 Å². The highest BCUT2D eigenvalue weighted by atomic mass is 32.1. The number of hydrogen-bond acceptors (Lipinski definition) is 2. The molecule has 0 unspecified atom stereocenters. The maximum absolute atomic E-state index is 12.3. The molecule has 0 heterocycles. The fourth-order valence-corrected chi connectivity index (χ4v) is 2.62. The van der Waals surface area contributed by atoms with Crippen molar-refractivity contribution in [1.82, 2.24) is 4.90 Å². The molecule has 1 aliphatic rings. The first kappa shape index (κ1) is 14.9. The lowest BCUT2D eigenvalue weighted by Crippen LogP contribution is -2.39. The molecule has 100 valence electrons. The number of carbonyl (C=O) groups is 1. The molecule has 1 amide bonds. The van der Waals surface area contributed by atoms with E-state index in [1.54, 1.807) is 0 Å². The molecule has 0 bridgehead atoms. The average molecular weight is 257 g/mol. The summed E-state index contributed by atoms with van der Waals surface area (Å²) in [7, 11) is 0. The Morgan fingerprint density at radius 3 is 2.41 bits per heavy atom. The lowest BCUT2D eigenvalue weighted by Gasteiger charge is -2.28. The van der Waals surface area contributed by atoms with E-state index in [9.17, 15) is 4.79 Å². The monoisotopic (exact) mass is 257 g/mol. The topological polar surface area (TPSA) is 20.3 Å². The molecule has 0 aliphatic heterocycles. The molecule has 0 aromatic rings. The average Bonchev–Trinajstić information content (AvgIpc) is 3.04. The first-order valence-corrected chi connectivity index (χ1v) is 7.58. The van der Waals surface area contributed by atoms with Crippen LogP contribution in [0.4, 0.5) is 0 Å². The number of amides is 1. The van der Waals surface area contributed by atoms with Crippen LogP contribution in [0.3, 0.4) is 0 Å². The van der Waals surface area contributed by atoms with Crippen LogP contribution in [0.2, 0.25) is 0 Å². The van der Waals surface area contributed by atoms with Crippen LogP contribution in [-0.4, -0.2) is 29.1 Å². The van der Waals surface area contributed by atoms with Crippen molar-refractivity contribution in [2.75, 3.05) is 12.3 Å². The van der Waals surface area contributed by atoms with Gasteiger partial charge in [0.1, 0.15) is 0 Å². The normalized spacial score (nSPS) is 17.2. The Bertz CT molecular complexity index is 249. The highest BCUT2D eigenvalue weighted by molar-refractivity contribution is 7.80. The van der Waals surface area contributed by atoms with Crippen LogP contribution < -0.4 is 0 Å². The molecule has 0 spiro atoms. The number of thiol groups is 1. The minimum absolute atomic E-state index is 0.248. The van der Waals surface area contributed by atoms with Gasteiger partial charge in [-0.15, -0.1) is 0 Å². The minimum Gasteiger partial charge on any atom is -0.340 e. The molecule has 1 saturated carbocycles. The Labute approximate surface area is 112 Å². The van der Waals surface area contributed by atoms with E-state index in [-0.39, 0.29) is 5.41 Å². The van der Waals surface area contributed by atoms with Crippen molar-refractivity contribution in [3.8, 4) is 0 Å². The van der Waals surface area contributed by atoms with E-state index in [1.807, 2.05) is 0 Å². The maximum atomic E-state index is 12.3. The third kappa shape index (κ3) is 4.53. The van der Waals surface area contributed by atoms with Crippen molar-refractivity contribution < 1.29 is 4.79 Å². The SMILES string of the molecule is CCCCCN(C(=O)CC1(CS)CC1)C(C)C. The number of unbranched alkanes of at least 4 members (excludes halogenated alkanes) is 2. The number of carbonyl (C=O) groups excluding carboxylic acids is 1. The van der Waals surface area contributed by atoms with E-state index in [1.165, 1.54) is 25.7 Å². The fraction of sp³-hybridized carbons (Fsp3) is 0.929. The van der Waals surface area contributed by atoms with Gasteiger partial charge in [-0.2, -0.15) is 12.6 Å². The Morgan fingerprint density at radius 1 is 1.35 bits per heavy atom. The van der Waals surface area contributed by atoms with Gasteiger partial charge in [-0.3, -0.25) is 4.79 Å². The molecular weight excluding hydrogens is 230 g/mol. The second-order valence-corrected chi connectivity index (χ2v) is 6.04. The maximum Gasteiger partial charge on any atom is 0.223 e. The third-order valence-electron chi connectivity index (χ3n) is 3.77. The molecule has 0 N–H and O–H groups in total. The van der Waals surface area contributed by atoms with Gasteiger partial charge in [0.15, 0.2) is 0 Å². The molecule has 0 saturated heterocycles. The van der Waals surface area contributed by atoms with Gasteiger partial charge < -0.3 is 4.90 Å². The third-order valence-corrected chi connectivity index (χ3v) is 4.44. The van der Waals surface area contributed by atoms with Crippen LogP contribution in [0.15, 0.2) is 0 Å². The Kier molecular flexibility index (Phi) is 5.84. The van der Waals surface area contributed by atoms with Gasteiger partial charge in [0, 0.05) is 19.0 Å². The zero-order chi connectivity index (χ0) is 12.9. The van der Waals surface area contributed by atoms with E-state index in [0.717, 1.165) is 18.7 Å². The van der Waals surface area contributed by atoms with Crippen LogP contribution in [0.25, 0.3) is 0 Å². The van der Waals surface area contributed by atoms with Crippen LogP contribution in [0, 0.1) is 5.41 Å². The molecule has 2 nitrogen and oxygen atoms in total. The summed E-state index contributed by atoms with van der Waals surface area (Å²) in [6.45, 7) is 7.35. The van der Waals surface area contributed by atoms with E-state index in [4.69, 9.17) is 0 Å². The largest absolute Gasteiger partial charge is 0.340 e. The van der Waals surface area contributed by atoms with Gasteiger partial charge >= 0.3 is 0 Å². The minimum atomic E-state index is 0.248. The van der Waals surface area contributed by atoms with Crippen molar-refractivity contribution in [1.29, 1.82) is 0 Å². The van der Waals surface area contributed by atoms with E-state index < -0.39 is 0 Å². The molecular formula is C14H27NOS. The number of hydrogen-bond donors (Lipinski definition) is 1. The number of nitrogens with zero attached hydrogens (tertiary/aromatic N) is 1. The Morgan fingerprint density at radius 2 is 2.00 bits per heavy atom. The van der Waals surface area contributed by atoms with Crippen molar-refractivity contribution >= 4 is 18.5 Å². The molecule has 0 aromatic carbocycles. The summed E-state index contributed by atoms with van der Waals surface area (Å²) in [5.41, 5.74) is 0.248. The zero-order valence-electron chi connectivity index (χ0n) is 11.5. The summed E-state index contributed by atoms with van der Waals surface area (Å²) in [5, 5.41) is 0. The van der Waals surface area contributed by atoms with E-state index in [2.05, 4.69) is 38.3 Å². The fourth-order valence-electron chi connectivity index (χ4n) is 2.19. The van der Waals surface area contributed by atoms with Gasteiger partial charge in [-0.25, -0.2) is 0 Å². The molecule has 3 heteroatoms. The van der Waals surface area contributed by atoms with E-state index in [0.29, 0.717) is 18.4 Å². The van der Waals surface area contributed by atoms with E-state index >= 15 is 0 Å². The Balaban J connectivity index is 2.43. The van der Waals surface area contributed by atoms with Crippen molar-refractivity contribution in [3.05, 3.63) is 0 Å². The molecule has 17 heavy (non-hydrogen) atoms. The van der Waals surface area contributed by atoms with Crippen molar-refractivity contribution in [3.63, 3.8) is 0 Å². The summed E-state index contributed by atoms with van der Waals surface area (Å²) in [4.78, 5) is 14.3. The molecule has 1 rings (SSSR count). The second-order valence-electron chi connectivity index (χ2n) is 5.72. The highest BCUT2D eigenvalue weighted by Crippen LogP contribution is 2.49. The Hall–Kier alpha value is -0.180. The standard InChI is InChI=1S/C14H27NOS/c1-4-5-6-9-15(12(2)3)13(16)10-14(11-17)7-8-14/h12,17H,4-11H2,1-3H3. The predicted octanol–water partition coefficient (Wildman–Crippen LogP) is 3.51. The highest BCUT2D eigenvalue weighted by Gasteiger charge is 2.43. The van der Waals surface area contributed by atoms with Gasteiger partial charge in [0.25, 0.3) is 0 Å². The van der Waals surface area contributed by atoms with Gasteiger partial charge in [-0.05, 0) is 44.3 Å². The van der Waals surface area contributed by atoms with Crippen LogP contribution in [-0.2, 0) is 4.79 Å². The molecule has 1 fully saturated rings. The van der Waals surface area contributed by atoms with Gasteiger partial charge in [0.05, 0.1) is 0 Å². The van der Waals surface area contributed by atoms with Crippen molar-refractivity contribution in [2.24, 2.45) is 5.41 Å². The first-order chi connectivity index (χ1) is 8.04. The lowest BCUT2D eigenvalue weighted by atomic mass is 10.0. The van der Waals surface area contributed by atoms with Crippen LogP contribution in [0.5, 0.6) is 0 Å². The molecule has 1 aliphatic carbocycles. The van der Waals surface area contributed by atoms with Gasteiger partial charge in [-0.1, -0.05) is 19.8 Å². The molecule has 0 aromatic heterocycles. The second kappa shape index (κ2) is 6.67. The quantitative estimate of drug-likeness (QED) is 0.521. The molecule has 0 radical (unpaired) electrons. The summed E-state index contributed by atoms with van der Waals surface area (Å²) >= 11 is 4.37. The summed E-state index contributed by atoms with van der Waals surface area (Å²) in [6, 6.07) is 0.329.